The fraction of sp³-hybridized carbons (Fsp3) is 0.182. The number of nitrogens with one attached hydrogen (secondary N) is 1. The van der Waals surface area contributed by atoms with E-state index < -0.39 is 0 Å². The summed E-state index contributed by atoms with van der Waals surface area (Å²) in [5, 5.41) is 10.4. The molecule has 5 aromatic heterocycles. The van der Waals surface area contributed by atoms with Gasteiger partial charge in [-0.25, -0.2) is 9.97 Å². The van der Waals surface area contributed by atoms with Crippen LogP contribution in [0.25, 0.3) is 38.0 Å². The Labute approximate surface area is 215 Å². The molecule has 1 amide bonds. The first-order chi connectivity index (χ1) is 15.8. The first-order valence-electron chi connectivity index (χ1n) is 10.2. The van der Waals surface area contributed by atoms with Gasteiger partial charge in [-0.1, -0.05) is 0 Å². The predicted octanol–water partition coefficient (Wildman–Crippen LogP) is 4.89. The van der Waals surface area contributed by atoms with Gasteiger partial charge in [0.2, 0.25) is 0 Å². The van der Waals surface area contributed by atoms with E-state index >= 15 is 0 Å². The topological polar surface area (TPSA) is 88.4 Å². The number of aromatic nitrogens is 5. The van der Waals surface area contributed by atoms with E-state index in [2.05, 4.69) is 26.4 Å². The lowest BCUT2D eigenvalue weighted by Gasteiger charge is -2.26. The van der Waals surface area contributed by atoms with Gasteiger partial charge in [0.05, 0.1) is 29.2 Å². The summed E-state index contributed by atoms with van der Waals surface area (Å²) in [5.74, 6) is 0.0505. The maximum Gasteiger partial charge on any atom is 0.264 e. The van der Waals surface area contributed by atoms with Crippen molar-refractivity contribution in [1.29, 1.82) is 0 Å². The number of morpholine rings is 1. The number of amides is 1. The number of hydrogen-bond acceptors (Lipinski definition) is 7. The third-order valence-corrected chi connectivity index (χ3v) is 7.33. The quantitative estimate of drug-likeness (QED) is 0.354. The van der Waals surface area contributed by atoms with Crippen LogP contribution in [0.5, 0.6) is 0 Å². The van der Waals surface area contributed by atoms with Crippen LogP contribution in [0.15, 0.2) is 54.4 Å². The van der Waals surface area contributed by atoms with Crippen molar-refractivity contribution < 1.29 is 9.53 Å². The molecule has 12 heteroatoms. The summed E-state index contributed by atoms with van der Waals surface area (Å²) in [6, 6.07) is 7.88. The Morgan fingerprint density at radius 1 is 1.09 bits per heavy atom. The third-order valence-electron chi connectivity index (χ3n) is 5.46. The highest BCUT2D eigenvalue weighted by Gasteiger charge is 2.22. The number of rotatable bonds is 4. The largest absolute Gasteiger partial charge is 0.378 e. The van der Waals surface area contributed by atoms with Crippen LogP contribution in [0.2, 0.25) is 0 Å². The van der Waals surface area contributed by atoms with Gasteiger partial charge in [-0.15, -0.1) is 47.5 Å². The fourth-order valence-electron chi connectivity index (χ4n) is 3.85. The van der Waals surface area contributed by atoms with Gasteiger partial charge in [-0.2, -0.15) is 5.10 Å². The molecule has 176 valence electrons. The van der Waals surface area contributed by atoms with Crippen molar-refractivity contribution in [2.75, 3.05) is 26.3 Å². The van der Waals surface area contributed by atoms with Gasteiger partial charge >= 0.3 is 0 Å². The summed E-state index contributed by atoms with van der Waals surface area (Å²) < 4.78 is 7.41. The highest BCUT2D eigenvalue weighted by Crippen LogP contribution is 2.35. The maximum atomic E-state index is 12.8. The molecule has 0 unspecified atom stereocenters. The second kappa shape index (κ2) is 10.2. The summed E-state index contributed by atoms with van der Waals surface area (Å²) in [5.41, 5.74) is 4.62. The van der Waals surface area contributed by atoms with Crippen LogP contribution < -0.4 is 0 Å². The molecule has 1 N–H and O–H groups in total. The van der Waals surface area contributed by atoms with Crippen molar-refractivity contribution in [3.8, 4) is 32.4 Å². The Hall–Kier alpha value is -2.76. The van der Waals surface area contributed by atoms with E-state index in [1.54, 1.807) is 17.5 Å². The molecule has 34 heavy (non-hydrogen) atoms. The molecule has 0 saturated carbocycles. The van der Waals surface area contributed by atoms with Gasteiger partial charge in [0.25, 0.3) is 5.91 Å². The minimum atomic E-state index is 0. The average molecular weight is 535 g/mol. The number of hydrogen-bond donors (Lipinski definition) is 1. The number of thiazole rings is 1. The third kappa shape index (κ3) is 4.35. The number of ether oxygens (including phenoxy) is 1. The number of thiophene rings is 1. The zero-order chi connectivity index (χ0) is 21.5. The summed E-state index contributed by atoms with van der Waals surface area (Å²) in [6.07, 6.45) is 7.58. The molecular weight excluding hydrogens is 515 g/mol. The summed E-state index contributed by atoms with van der Waals surface area (Å²) in [4.78, 5) is 25.3. The van der Waals surface area contributed by atoms with Crippen molar-refractivity contribution >= 4 is 59.0 Å². The maximum absolute atomic E-state index is 12.8. The van der Waals surface area contributed by atoms with Gasteiger partial charge in [0.15, 0.2) is 0 Å². The summed E-state index contributed by atoms with van der Waals surface area (Å²) >= 11 is 3.05. The second-order valence-electron chi connectivity index (χ2n) is 7.34. The van der Waals surface area contributed by atoms with Crippen molar-refractivity contribution in [3.05, 3.63) is 59.3 Å². The van der Waals surface area contributed by atoms with E-state index in [-0.39, 0.29) is 30.7 Å². The van der Waals surface area contributed by atoms with E-state index in [1.807, 2.05) is 51.3 Å². The molecule has 1 saturated heterocycles. The SMILES string of the molecule is Cl.Cl.O=C(c1ccc(-c2n[nH]cc2-c2ccc3ncc(-c4nccs4)n3c2)s1)N1CCOCC1. The normalized spacial score (nSPS) is 13.5. The van der Waals surface area contributed by atoms with Crippen molar-refractivity contribution in [2.24, 2.45) is 0 Å². The molecule has 1 fully saturated rings. The van der Waals surface area contributed by atoms with E-state index in [9.17, 15) is 4.79 Å². The number of carbonyl (C=O) groups excluding carboxylic acids is 1. The first-order valence-corrected chi connectivity index (χ1v) is 11.9. The highest BCUT2D eigenvalue weighted by molar-refractivity contribution is 7.17. The van der Waals surface area contributed by atoms with E-state index in [0.717, 1.165) is 38.0 Å². The molecule has 1 aliphatic heterocycles. The first kappa shape index (κ1) is 24.4. The number of pyridine rings is 1. The average Bonchev–Trinajstić information content (AvgIpc) is 3.63. The molecule has 5 aromatic rings. The monoisotopic (exact) mass is 534 g/mol. The van der Waals surface area contributed by atoms with Crippen LogP contribution in [0.1, 0.15) is 9.67 Å². The second-order valence-corrected chi connectivity index (χ2v) is 9.32. The number of carbonyl (C=O) groups is 1. The molecule has 0 aliphatic carbocycles. The fourth-order valence-corrected chi connectivity index (χ4v) is 5.47. The number of imidazole rings is 1. The minimum absolute atomic E-state index is 0. The Morgan fingerprint density at radius 2 is 1.94 bits per heavy atom. The van der Waals surface area contributed by atoms with Gasteiger partial charge < -0.3 is 9.64 Å². The predicted molar refractivity (Wildman–Crippen MR) is 138 cm³/mol. The minimum Gasteiger partial charge on any atom is -0.378 e. The van der Waals surface area contributed by atoms with Crippen LogP contribution >= 0.6 is 47.5 Å². The lowest BCUT2D eigenvalue weighted by Crippen LogP contribution is -2.40. The molecule has 8 nitrogen and oxygen atoms in total. The smallest absolute Gasteiger partial charge is 0.264 e. The molecular formula is C22H20Cl2N6O2S2. The lowest BCUT2D eigenvalue weighted by atomic mass is 10.1. The van der Waals surface area contributed by atoms with Gasteiger partial charge in [-0.05, 0) is 24.3 Å². The number of aromatic amines is 1. The zero-order valence-electron chi connectivity index (χ0n) is 17.7. The van der Waals surface area contributed by atoms with Crippen molar-refractivity contribution in [2.45, 2.75) is 0 Å². The molecule has 0 bridgehead atoms. The number of nitrogens with zero attached hydrogens (tertiary/aromatic N) is 5. The summed E-state index contributed by atoms with van der Waals surface area (Å²) in [7, 11) is 0. The molecule has 6 heterocycles. The molecule has 0 radical (unpaired) electrons. The Morgan fingerprint density at radius 3 is 2.74 bits per heavy atom. The van der Waals surface area contributed by atoms with Gasteiger partial charge in [-0.3, -0.25) is 14.3 Å². The van der Waals surface area contributed by atoms with Crippen molar-refractivity contribution in [1.82, 2.24) is 29.5 Å². The number of halogens is 2. The Balaban J connectivity index is 0.00000137. The van der Waals surface area contributed by atoms with Crippen LogP contribution in [-0.4, -0.2) is 61.7 Å². The number of H-pyrrole nitrogens is 1. The van der Waals surface area contributed by atoms with Crippen LogP contribution in [0.3, 0.4) is 0 Å². The van der Waals surface area contributed by atoms with Crippen LogP contribution in [0, 0.1) is 0 Å². The number of fused-ring (bicyclic) bond motifs is 1. The summed E-state index contributed by atoms with van der Waals surface area (Å²) in [6.45, 7) is 2.44. The Bertz CT molecular complexity index is 1410. The van der Waals surface area contributed by atoms with Gasteiger partial charge in [0.1, 0.15) is 22.0 Å². The van der Waals surface area contributed by atoms with Crippen LogP contribution in [0.4, 0.5) is 0 Å². The van der Waals surface area contributed by atoms with E-state index in [1.165, 1.54) is 11.3 Å². The molecule has 0 aromatic carbocycles. The molecule has 6 rings (SSSR count). The highest BCUT2D eigenvalue weighted by atomic mass is 35.5. The molecule has 0 spiro atoms. The molecule has 1 aliphatic rings. The zero-order valence-corrected chi connectivity index (χ0v) is 21.0. The molecule has 0 atom stereocenters. The Kier molecular flexibility index (Phi) is 7.34. The van der Waals surface area contributed by atoms with Gasteiger partial charge in [0, 0.05) is 48.2 Å². The van der Waals surface area contributed by atoms with Crippen LogP contribution in [-0.2, 0) is 4.74 Å². The van der Waals surface area contributed by atoms with E-state index in [0.29, 0.717) is 31.2 Å². The van der Waals surface area contributed by atoms with E-state index in [4.69, 9.17) is 4.74 Å². The standard InChI is InChI=1S/C22H18N6O2S2.2ClH/c29-22(27-6-8-30-9-7-27)18-3-2-17(32-18)20-15(11-25-26-20)14-1-4-19-24-12-16(28(19)13-14)21-23-5-10-31-21;;/h1-5,10-13H,6-9H2,(H,25,26);2*1H. The van der Waals surface area contributed by atoms with Crippen molar-refractivity contribution in [3.63, 3.8) is 0 Å². The lowest BCUT2D eigenvalue weighted by molar-refractivity contribution is 0.0306.